The zero-order chi connectivity index (χ0) is 17.8. The summed E-state index contributed by atoms with van der Waals surface area (Å²) in [6.45, 7) is 5.06. The number of aryl methyl sites for hydroxylation is 1. The van der Waals surface area contributed by atoms with Crippen molar-refractivity contribution in [3.05, 3.63) is 54.1 Å². The Bertz CT molecular complexity index is 775. The second kappa shape index (κ2) is 7.38. The fraction of sp³-hybridized carbons (Fsp3) is 0.300. The van der Waals surface area contributed by atoms with Gasteiger partial charge in [0.2, 0.25) is 12.3 Å². The molecule has 1 unspecified atom stereocenters. The highest BCUT2D eigenvalue weighted by Crippen LogP contribution is 2.33. The molecule has 2 aromatic carbocycles. The van der Waals surface area contributed by atoms with Crippen LogP contribution in [0.25, 0.3) is 0 Å². The first-order valence-electron chi connectivity index (χ1n) is 8.42. The lowest BCUT2D eigenvalue weighted by molar-refractivity contribution is -0.121. The number of anilines is 2. The van der Waals surface area contributed by atoms with E-state index in [2.05, 4.69) is 0 Å². The second-order valence-electron chi connectivity index (χ2n) is 6.30. The first kappa shape index (κ1) is 17.0. The smallest absolute Gasteiger partial charge is 0.231 e. The number of carbonyl (C=O) groups excluding carboxylic acids is 2. The van der Waals surface area contributed by atoms with Gasteiger partial charge in [0.05, 0.1) is 23.8 Å². The molecule has 0 bridgehead atoms. The Kier molecular flexibility index (Phi) is 5.03. The molecule has 2 amide bonds. The van der Waals surface area contributed by atoms with E-state index < -0.39 is 0 Å². The normalized spacial score (nSPS) is 17.0. The number of para-hydroxylation sites is 2. The number of ether oxygens (including phenoxy) is 1. The molecule has 5 heteroatoms. The van der Waals surface area contributed by atoms with Gasteiger partial charge in [0.25, 0.3) is 0 Å². The molecule has 5 nitrogen and oxygen atoms in total. The third-order valence-electron chi connectivity index (χ3n) is 4.34. The summed E-state index contributed by atoms with van der Waals surface area (Å²) in [5.41, 5.74) is 2.63. The first-order chi connectivity index (χ1) is 12.1. The molecule has 25 heavy (non-hydrogen) atoms. The quantitative estimate of drug-likeness (QED) is 0.788. The maximum Gasteiger partial charge on any atom is 0.231 e. The summed E-state index contributed by atoms with van der Waals surface area (Å²) in [5.74, 6) is 0.527. The van der Waals surface area contributed by atoms with Crippen molar-refractivity contribution in [2.45, 2.75) is 13.8 Å². The molecule has 0 aliphatic carbocycles. The van der Waals surface area contributed by atoms with Gasteiger partial charge in [-0.15, -0.1) is 0 Å². The molecule has 1 atom stereocenters. The molecule has 0 aromatic heterocycles. The second-order valence-corrected chi connectivity index (χ2v) is 6.30. The Balaban J connectivity index is 1.80. The zero-order valence-corrected chi connectivity index (χ0v) is 14.5. The van der Waals surface area contributed by atoms with Gasteiger partial charge in [-0.1, -0.05) is 31.2 Å². The van der Waals surface area contributed by atoms with E-state index in [1.807, 2.05) is 62.4 Å². The number of nitrogens with zero attached hydrogens (tertiary/aromatic N) is 2. The number of hydrogen-bond donors (Lipinski definition) is 0. The number of rotatable bonds is 5. The van der Waals surface area contributed by atoms with Crippen molar-refractivity contribution >= 4 is 23.7 Å². The minimum absolute atomic E-state index is 0.00430. The Morgan fingerprint density at radius 3 is 2.64 bits per heavy atom. The fourth-order valence-electron chi connectivity index (χ4n) is 3.08. The van der Waals surface area contributed by atoms with Gasteiger partial charge >= 0.3 is 0 Å². The lowest BCUT2D eigenvalue weighted by Crippen LogP contribution is -2.38. The summed E-state index contributed by atoms with van der Waals surface area (Å²) < 4.78 is 5.81. The van der Waals surface area contributed by atoms with Crippen LogP contribution in [0.4, 0.5) is 11.4 Å². The highest BCUT2D eigenvalue weighted by molar-refractivity contribution is 6.02. The van der Waals surface area contributed by atoms with Crippen LogP contribution in [0.1, 0.15) is 12.5 Å². The van der Waals surface area contributed by atoms with Crippen LogP contribution < -0.4 is 14.5 Å². The van der Waals surface area contributed by atoms with Crippen molar-refractivity contribution < 1.29 is 14.3 Å². The molecule has 1 aliphatic rings. The maximum atomic E-state index is 12.8. The molecule has 0 N–H and O–H groups in total. The number of hydrogen-bond acceptors (Lipinski definition) is 3. The summed E-state index contributed by atoms with van der Waals surface area (Å²) in [6, 6.07) is 15.3. The van der Waals surface area contributed by atoms with Gasteiger partial charge in [0, 0.05) is 6.54 Å². The molecule has 1 aliphatic heterocycles. The zero-order valence-electron chi connectivity index (χ0n) is 14.5. The van der Waals surface area contributed by atoms with Crippen LogP contribution in [-0.2, 0) is 9.59 Å². The third kappa shape index (κ3) is 3.65. The van der Waals surface area contributed by atoms with E-state index >= 15 is 0 Å². The molecule has 1 heterocycles. The van der Waals surface area contributed by atoms with Gasteiger partial charge in [-0.25, -0.2) is 0 Å². The van der Waals surface area contributed by atoms with Crippen LogP contribution in [-0.4, -0.2) is 32.0 Å². The molecule has 0 fully saturated rings. The highest BCUT2D eigenvalue weighted by Gasteiger charge is 2.30. The minimum Gasteiger partial charge on any atom is -0.492 e. The van der Waals surface area contributed by atoms with E-state index in [0.717, 1.165) is 29.1 Å². The van der Waals surface area contributed by atoms with Gasteiger partial charge < -0.3 is 14.5 Å². The van der Waals surface area contributed by atoms with Crippen molar-refractivity contribution in [2.24, 2.45) is 5.92 Å². The third-order valence-corrected chi connectivity index (χ3v) is 4.34. The summed E-state index contributed by atoms with van der Waals surface area (Å²) in [7, 11) is 0. The van der Waals surface area contributed by atoms with E-state index in [-0.39, 0.29) is 11.8 Å². The predicted molar refractivity (Wildman–Crippen MR) is 98.0 cm³/mol. The number of fused-ring (bicyclic) bond motifs is 1. The van der Waals surface area contributed by atoms with Gasteiger partial charge in [-0.3, -0.25) is 9.59 Å². The SMILES string of the molecule is Cc1cccc(OCCN2C(=O)C(C)CN(C=O)c3ccccc32)c1. The first-order valence-corrected chi connectivity index (χ1v) is 8.42. The molecule has 3 rings (SSSR count). The van der Waals surface area contributed by atoms with E-state index in [9.17, 15) is 9.59 Å². The monoisotopic (exact) mass is 338 g/mol. The van der Waals surface area contributed by atoms with Crippen LogP contribution in [0.5, 0.6) is 5.75 Å². The Morgan fingerprint density at radius 2 is 1.92 bits per heavy atom. The highest BCUT2D eigenvalue weighted by atomic mass is 16.5. The predicted octanol–water partition coefficient (Wildman–Crippen LogP) is 3.02. The summed E-state index contributed by atoms with van der Waals surface area (Å²) >= 11 is 0. The summed E-state index contributed by atoms with van der Waals surface area (Å²) in [4.78, 5) is 27.5. The van der Waals surface area contributed by atoms with Crippen molar-refractivity contribution in [3.8, 4) is 5.75 Å². The van der Waals surface area contributed by atoms with Crippen molar-refractivity contribution in [1.82, 2.24) is 0 Å². The van der Waals surface area contributed by atoms with Gasteiger partial charge in [-0.05, 0) is 36.8 Å². The van der Waals surface area contributed by atoms with Crippen molar-refractivity contribution in [3.63, 3.8) is 0 Å². The summed E-state index contributed by atoms with van der Waals surface area (Å²) in [6.07, 6.45) is 0.787. The molecule has 0 saturated heterocycles. The molecular formula is C20H22N2O3. The van der Waals surface area contributed by atoms with Crippen LogP contribution in [0.2, 0.25) is 0 Å². The molecule has 130 valence electrons. The molecule has 2 aromatic rings. The van der Waals surface area contributed by atoms with E-state index in [0.29, 0.717) is 19.7 Å². The molecule has 0 spiro atoms. The standard InChI is InChI=1S/C20H22N2O3/c1-15-6-5-7-17(12-15)25-11-10-22-19-9-4-3-8-18(19)21(14-23)13-16(2)20(22)24/h3-9,12,14,16H,10-11,13H2,1-2H3. The van der Waals surface area contributed by atoms with Crippen molar-refractivity contribution in [1.29, 1.82) is 0 Å². The van der Waals surface area contributed by atoms with Crippen molar-refractivity contribution in [2.75, 3.05) is 29.5 Å². The van der Waals surface area contributed by atoms with Crippen LogP contribution in [0.15, 0.2) is 48.5 Å². The molecule has 0 radical (unpaired) electrons. The van der Waals surface area contributed by atoms with Crippen LogP contribution in [0, 0.1) is 12.8 Å². The topological polar surface area (TPSA) is 49.9 Å². The fourth-order valence-corrected chi connectivity index (χ4v) is 3.08. The maximum absolute atomic E-state index is 12.8. The lowest BCUT2D eigenvalue weighted by Gasteiger charge is -2.24. The Morgan fingerprint density at radius 1 is 1.16 bits per heavy atom. The number of carbonyl (C=O) groups is 2. The number of amides is 2. The van der Waals surface area contributed by atoms with Crippen LogP contribution >= 0.6 is 0 Å². The lowest BCUT2D eigenvalue weighted by atomic mass is 10.1. The average Bonchev–Trinajstić information content (AvgIpc) is 2.72. The van der Waals surface area contributed by atoms with Gasteiger partial charge in [0.15, 0.2) is 0 Å². The largest absolute Gasteiger partial charge is 0.492 e. The Labute approximate surface area is 147 Å². The van der Waals surface area contributed by atoms with E-state index in [4.69, 9.17) is 4.74 Å². The molecular weight excluding hydrogens is 316 g/mol. The van der Waals surface area contributed by atoms with Gasteiger partial charge in [-0.2, -0.15) is 0 Å². The van der Waals surface area contributed by atoms with E-state index in [1.54, 1.807) is 9.80 Å². The van der Waals surface area contributed by atoms with Gasteiger partial charge in [0.1, 0.15) is 12.4 Å². The van der Waals surface area contributed by atoms with E-state index in [1.165, 1.54) is 0 Å². The summed E-state index contributed by atoms with van der Waals surface area (Å²) in [5, 5.41) is 0. The number of benzene rings is 2. The molecule has 0 saturated carbocycles. The minimum atomic E-state index is -0.267. The van der Waals surface area contributed by atoms with Crippen LogP contribution in [0.3, 0.4) is 0 Å². The Hall–Kier alpha value is -2.82. The average molecular weight is 338 g/mol.